The summed E-state index contributed by atoms with van der Waals surface area (Å²) in [6.45, 7) is 16.2. The number of rotatable bonds is 10. The molecule has 0 aromatic carbocycles. The van der Waals surface area contributed by atoms with E-state index in [4.69, 9.17) is 0 Å². The van der Waals surface area contributed by atoms with Gasteiger partial charge < -0.3 is 10.2 Å². The van der Waals surface area contributed by atoms with Crippen LogP contribution in [0.3, 0.4) is 0 Å². The Morgan fingerprint density at radius 2 is 1.81 bits per heavy atom. The summed E-state index contributed by atoms with van der Waals surface area (Å²) in [6.07, 6.45) is 3.91. The van der Waals surface area contributed by atoms with Gasteiger partial charge in [0.05, 0.1) is 0 Å². The first-order chi connectivity index (χ1) is 7.65. The molecular formula is C14H32N2. The second kappa shape index (κ2) is 10.1. The van der Waals surface area contributed by atoms with Gasteiger partial charge in [-0.15, -0.1) is 0 Å². The Hall–Kier alpha value is -0.0800. The predicted octanol–water partition coefficient (Wildman–Crippen LogP) is 3.13. The highest BCUT2D eigenvalue weighted by Crippen LogP contribution is 2.11. The van der Waals surface area contributed by atoms with Crippen LogP contribution in [0.4, 0.5) is 0 Å². The van der Waals surface area contributed by atoms with Gasteiger partial charge in [0.15, 0.2) is 0 Å². The Morgan fingerprint density at radius 3 is 2.31 bits per heavy atom. The van der Waals surface area contributed by atoms with E-state index in [0.717, 1.165) is 18.5 Å². The van der Waals surface area contributed by atoms with E-state index in [-0.39, 0.29) is 0 Å². The van der Waals surface area contributed by atoms with Crippen LogP contribution in [0, 0.1) is 5.92 Å². The Kier molecular flexibility index (Phi) is 10.0. The molecule has 16 heavy (non-hydrogen) atoms. The van der Waals surface area contributed by atoms with E-state index in [9.17, 15) is 0 Å². The van der Waals surface area contributed by atoms with Gasteiger partial charge in [-0.3, -0.25) is 0 Å². The van der Waals surface area contributed by atoms with Crippen molar-refractivity contribution in [2.45, 2.75) is 59.9 Å². The zero-order valence-electron chi connectivity index (χ0n) is 12.1. The van der Waals surface area contributed by atoms with Crippen LogP contribution in [0.5, 0.6) is 0 Å². The van der Waals surface area contributed by atoms with Crippen LogP contribution < -0.4 is 5.32 Å². The quantitative estimate of drug-likeness (QED) is 0.578. The second-order valence-corrected chi connectivity index (χ2v) is 4.95. The maximum atomic E-state index is 3.39. The summed E-state index contributed by atoms with van der Waals surface area (Å²) >= 11 is 0. The van der Waals surface area contributed by atoms with Gasteiger partial charge in [0.25, 0.3) is 0 Å². The molecule has 0 aromatic heterocycles. The van der Waals surface area contributed by atoms with Crippen LogP contribution in [-0.2, 0) is 0 Å². The van der Waals surface area contributed by atoms with Crippen LogP contribution in [0.1, 0.15) is 53.9 Å². The molecule has 0 aliphatic carbocycles. The van der Waals surface area contributed by atoms with Crippen molar-refractivity contribution >= 4 is 0 Å². The maximum absolute atomic E-state index is 3.39. The molecule has 98 valence electrons. The number of nitrogens with zero attached hydrogens (tertiary/aromatic N) is 1. The highest BCUT2D eigenvalue weighted by molar-refractivity contribution is 4.68. The van der Waals surface area contributed by atoms with Gasteiger partial charge in [0.1, 0.15) is 0 Å². The molecule has 0 heterocycles. The van der Waals surface area contributed by atoms with Crippen LogP contribution in [0.25, 0.3) is 0 Å². The molecule has 0 saturated heterocycles. The summed E-state index contributed by atoms with van der Waals surface area (Å²) in [5.41, 5.74) is 0. The molecule has 0 aliphatic rings. The topological polar surface area (TPSA) is 15.3 Å². The van der Waals surface area contributed by atoms with Crippen molar-refractivity contribution in [2.75, 3.05) is 26.2 Å². The van der Waals surface area contributed by atoms with Crippen molar-refractivity contribution in [3.8, 4) is 0 Å². The van der Waals surface area contributed by atoms with E-state index in [1.165, 1.54) is 38.9 Å². The van der Waals surface area contributed by atoms with E-state index in [0.29, 0.717) is 0 Å². The highest BCUT2D eigenvalue weighted by atomic mass is 15.1. The molecular weight excluding hydrogens is 196 g/mol. The molecule has 0 saturated carbocycles. The first-order valence-corrected chi connectivity index (χ1v) is 7.10. The average Bonchev–Trinajstić information content (AvgIpc) is 2.30. The lowest BCUT2D eigenvalue weighted by Crippen LogP contribution is -2.36. The van der Waals surface area contributed by atoms with Gasteiger partial charge in [-0.25, -0.2) is 0 Å². The standard InChI is InChI=1S/C14H32N2/c1-6-13(4)12-16(8-3)14(5)10-9-11-15-7-2/h13-15H,6-12H2,1-5H3. The molecule has 0 rings (SSSR count). The molecule has 0 aromatic rings. The van der Waals surface area contributed by atoms with E-state index in [2.05, 4.69) is 44.8 Å². The van der Waals surface area contributed by atoms with Crippen molar-refractivity contribution in [1.82, 2.24) is 10.2 Å². The molecule has 0 bridgehead atoms. The molecule has 0 aliphatic heterocycles. The summed E-state index contributed by atoms with van der Waals surface area (Å²) in [5, 5.41) is 3.39. The van der Waals surface area contributed by atoms with Crippen molar-refractivity contribution in [3.05, 3.63) is 0 Å². The summed E-state index contributed by atoms with van der Waals surface area (Å²) in [6, 6.07) is 0.734. The molecule has 2 nitrogen and oxygen atoms in total. The minimum Gasteiger partial charge on any atom is -0.317 e. The van der Waals surface area contributed by atoms with Gasteiger partial charge in [-0.2, -0.15) is 0 Å². The molecule has 0 spiro atoms. The summed E-state index contributed by atoms with van der Waals surface area (Å²) < 4.78 is 0. The van der Waals surface area contributed by atoms with Crippen molar-refractivity contribution in [2.24, 2.45) is 5.92 Å². The molecule has 2 atom stereocenters. The third kappa shape index (κ3) is 7.24. The number of hydrogen-bond acceptors (Lipinski definition) is 2. The molecule has 0 radical (unpaired) electrons. The predicted molar refractivity (Wildman–Crippen MR) is 73.9 cm³/mol. The molecule has 1 N–H and O–H groups in total. The Morgan fingerprint density at radius 1 is 1.12 bits per heavy atom. The minimum atomic E-state index is 0.734. The number of hydrogen-bond donors (Lipinski definition) is 1. The largest absolute Gasteiger partial charge is 0.317 e. The fourth-order valence-electron chi connectivity index (χ4n) is 2.03. The third-order valence-corrected chi connectivity index (χ3v) is 3.50. The monoisotopic (exact) mass is 228 g/mol. The first kappa shape index (κ1) is 15.9. The Bertz CT molecular complexity index is 148. The van der Waals surface area contributed by atoms with E-state index < -0.39 is 0 Å². The molecule has 0 amide bonds. The lowest BCUT2D eigenvalue weighted by molar-refractivity contribution is 0.179. The van der Waals surface area contributed by atoms with Gasteiger partial charge in [-0.05, 0) is 45.3 Å². The molecule has 2 unspecified atom stereocenters. The van der Waals surface area contributed by atoms with Gasteiger partial charge in [0, 0.05) is 12.6 Å². The van der Waals surface area contributed by atoms with Crippen LogP contribution in [-0.4, -0.2) is 37.1 Å². The van der Waals surface area contributed by atoms with Gasteiger partial charge in [0.2, 0.25) is 0 Å². The Labute approximate surface area is 103 Å². The molecule has 0 fully saturated rings. The van der Waals surface area contributed by atoms with Crippen LogP contribution in [0.2, 0.25) is 0 Å². The van der Waals surface area contributed by atoms with Crippen LogP contribution in [0.15, 0.2) is 0 Å². The second-order valence-electron chi connectivity index (χ2n) is 4.95. The molecule has 2 heteroatoms. The van der Waals surface area contributed by atoms with E-state index >= 15 is 0 Å². The van der Waals surface area contributed by atoms with Crippen LogP contribution >= 0.6 is 0 Å². The SMILES string of the molecule is CCNCCCC(C)N(CC)CC(C)CC. The van der Waals surface area contributed by atoms with Crippen molar-refractivity contribution in [1.29, 1.82) is 0 Å². The third-order valence-electron chi connectivity index (χ3n) is 3.50. The first-order valence-electron chi connectivity index (χ1n) is 7.10. The van der Waals surface area contributed by atoms with E-state index in [1.54, 1.807) is 0 Å². The normalized spacial score (nSPS) is 15.4. The maximum Gasteiger partial charge on any atom is 0.00673 e. The van der Waals surface area contributed by atoms with Gasteiger partial charge in [-0.1, -0.05) is 34.1 Å². The average molecular weight is 228 g/mol. The Balaban J connectivity index is 3.77. The fourth-order valence-corrected chi connectivity index (χ4v) is 2.03. The fraction of sp³-hybridized carbons (Fsp3) is 1.00. The number of nitrogens with one attached hydrogen (secondary N) is 1. The summed E-state index contributed by atoms with van der Waals surface area (Å²) in [7, 11) is 0. The highest BCUT2D eigenvalue weighted by Gasteiger charge is 2.13. The van der Waals surface area contributed by atoms with Gasteiger partial charge >= 0.3 is 0 Å². The summed E-state index contributed by atoms with van der Waals surface area (Å²) in [4.78, 5) is 2.63. The van der Waals surface area contributed by atoms with E-state index in [1.807, 2.05) is 0 Å². The zero-order valence-corrected chi connectivity index (χ0v) is 12.1. The van der Waals surface area contributed by atoms with Crippen molar-refractivity contribution < 1.29 is 0 Å². The smallest absolute Gasteiger partial charge is 0.00673 e. The summed E-state index contributed by atoms with van der Waals surface area (Å²) in [5.74, 6) is 0.830. The minimum absolute atomic E-state index is 0.734. The zero-order chi connectivity index (χ0) is 12.4. The van der Waals surface area contributed by atoms with Crippen molar-refractivity contribution in [3.63, 3.8) is 0 Å². The lowest BCUT2D eigenvalue weighted by Gasteiger charge is -2.30. The lowest BCUT2D eigenvalue weighted by atomic mass is 10.1.